The monoisotopic (exact) mass is 333 g/mol. The van der Waals surface area contributed by atoms with Crippen molar-refractivity contribution in [2.24, 2.45) is 0 Å². The number of anilines is 1. The van der Waals surface area contributed by atoms with E-state index in [9.17, 15) is 9.59 Å². The topological polar surface area (TPSA) is 71.1 Å². The number of hydrogen-bond acceptors (Lipinski definition) is 3. The molecule has 1 heterocycles. The number of nitrogens with zero attached hydrogens (tertiary/aromatic N) is 1. The Morgan fingerprint density at radius 1 is 1.10 bits per heavy atom. The van der Waals surface area contributed by atoms with E-state index in [1.807, 2.05) is 6.07 Å². The van der Waals surface area contributed by atoms with Crippen molar-refractivity contribution in [2.75, 3.05) is 11.9 Å². The van der Waals surface area contributed by atoms with Gasteiger partial charge in [-0.3, -0.25) is 9.59 Å². The minimum atomic E-state index is -0.339. The number of halogens is 1. The first-order valence-electron chi connectivity index (χ1n) is 5.90. The molecule has 2 aromatic rings. The van der Waals surface area contributed by atoms with Gasteiger partial charge in [0.1, 0.15) is 5.82 Å². The van der Waals surface area contributed by atoms with Crippen molar-refractivity contribution in [1.82, 2.24) is 10.3 Å². The van der Waals surface area contributed by atoms with Crippen LogP contribution in [0.3, 0.4) is 0 Å². The SMILES string of the molecule is O=C(CNC(=O)c1ccccc1)Nc1ncccc1Br. The number of nitrogens with one attached hydrogen (secondary N) is 2. The van der Waals surface area contributed by atoms with E-state index in [4.69, 9.17) is 0 Å². The van der Waals surface area contributed by atoms with Gasteiger partial charge in [0.05, 0.1) is 11.0 Å². The van der Waals surface area contributed by atoms with Crippen LogP contribution in [-0.4, -0.2) is 23.3 Å². The standard InChI is InChI=1S/C14H12BrN3O2/c15-11-7-4-8-16-13(11)18-12(19)9-17-14(20)10-5-2-1-3-6-10/h1-8H,9H2,(H,17,20)(H,16,18,19). The molecule has 102 valence electrons. The number of carbonyl (C=O) groups excluding carboxylic acids is 2. The normalized spacial score (nSPS) is 9.85. The molecule has 0 aliphatic rings. The molecule has 0 aliphatic heterocycles. The predicted octanol–water partition coefficient (Wildman–Crippen LogP) is 2.21. The summed E-state index contributed by atoms with van der Waals surface area (Å²) in [4.78, 5) is 27.5. The van der Waals surface area contributed by atoms with Gasteiger partial charge in [0, 0.05) is 11.8 Å². The van der Waals surface area contributed by atoms with Crippen LogP contribution in [0.5, 0.6) is 0 Å². The minimum absolute atomic E-state index is 0.114. The van der Waals surface area contributed by atoms with E-state index in [0.717, 1.165) is 0 Å². The molecule has 0 saturated carbocycles. The van der Waals surface area contributed by atoms with Crippen molar-refractivity contribution in [1.29, 1.82) is 0 Å². The number of pyridine rings is 1. The number of rotatable bonds is 4. The molecule has 0 bridgehead atoms. The quantitative estimate of drug-likeness (QED) is 0.901. The number of hydrogen-bond donors (Lipinski definition) is 2. The molecule has 2 rings (SSSR count). The van der Waals surface area contributed by atoms with Crippen LogP contribution in [0, 0.1) is 0 Å². The molecule has 0 unspecified atom stereocenters. The largest absolute Gasteiger partial charge is 0.343 e. The van der Waals surface area contributed by atoms with E-state index in [-0.39, 0.29) is 18.4 Å². The molecule has 1 aromatic heterocycles. The van der Waals surface area contributed by atoms with Gasteiger partial charge < -0.3 is 10.6 Å². The van der Waals surface area contributed by atoms with Gasteiger partial charge in [0.15, 0.2) is 0 Å². The molecule has 0 fully saturated rings. The van der Waals surface area contributed by atoms with Gasteiger partial charge >= 0.3 is 0 Å². The molecule has 0 atom stereocenters. The smallest absolute Gasteiger partial charge is 0.251 e. The van der Waals surface area contributed by atoms with E-state index in [2.05, 4.69) is 31.5 Å². The zero-order valence-corrected chi connectivity index (χ0v) is 12.1. The van der Waals surface area contributed by atoms with Gasteiger partial charge in [-0.2, -0.15) is 0 Å². The molecule has 0 saturated heterocycles. The fraction of sp³-hybridized carbons (Fsp3) is 0.0714. The van der Waals surface area contributed by atoms with Crippen LogP contribution in [0.25, 0.3) is 0 Å². The molecule has 0 radical (unpaired) electrons. The summed E-state index contributed by atoms with van der Waals surface area (Å²) in [7, 11) is 0. The molecule has 6 heteroatoms. The number of amides is 2. The summed E-state index contributed by atoms with van der Waals surface area (Å²) in [5.74, 6) is -0.207. The number of benzene rings is 1. The average molecular weight is 334 g/mol. The molecular weight excluding hydrogens is 322 g/mol. The summed E-state index contributed by atoms with van der Waals surface area (Å²) < 4.78 is 0.683. The Balaban J connectivity index is 1.87. The zero-order chi connectivity index (χ0) is 14.4. The molecule has 1 aromatic carbocycles. The molecule has 20 heavy (non-hydrogen) atoms. The second kappa shape index (κ2) is 6.81. The zero-order valence-electron chi connectivity index (χ0n) is 10.5. The Hall–Kier alpha value is -2.21. The molecule has 2 N–H and O–H groups in total. The van der Waals surface area contributed by atoms with Crippen LogP contribution in [0.2, 0.25) is 0 Å². The van der Waals surface area contributed by atoms with Crippen molar-refractivity contribution in [3.63, 3.8) is 0 Å². The maximum absolute atomic E-state index is 11.8. The lowest BCUT2D eigenvalue weighted by molar-refractivity contribution is -0.115. The van der Waals surface area contributed by atoms with Gasteiger partial charge in [0.25, 0.3) is 5.91 Å². The number of aromatic nitrogens is 1. The molecule has 5 nitrogen and oxygen atoms in total. The summed E-state index contributed by atoms with van der Waals surface area (Å²) in [6.45, 7) is -0.114. The maximum atomic E-state index is 11.8. The van der Waals surface area contributed by atoms with E-state index in [1.165, 1.54) is 0 Å². The van der Waals surface area contributed by atoms with Crippen LogP contribution >= 0.6 is 15.9 Å². The Morgan fingerprint density at radius 3 is 2.55 bits per heavy atom. The minimum Gasteiger partial charge on any atom is -0.343 e. The lowest BCUT2D eigenvalue weighted by Gasteiger charge is -2.07. The third-order valence-corrected chi connectivity index (χ3v) is 3.10. The third-order valence-electron chi connectivity index (χ3n) is 2.46. The Morgan fingerprint density at radius 2 is 1.85 bits per heavy atom. The second-order valence-electron chi connectivity index (χ2n) is 3.93. The second-order valence-corrected chi connectivity index (χ2v) is 4.79. The molecule has 2 amide bonds. The van der Waals surface area contributed by atoms with Crippen LogP contribution in [0.4, 0.5) is 5.82 Å². The van der Waals surface area contributed by atoms with Crippen LogP contribution in [0.1, 0.15) is 10.4 Å². The van der Waals surface area contributed by atoms with Crippen molar-refractivity contribution in [2.45, 2.75) is 0 Å². The maximum Gasteiger partial charge on any atom is 0.251 e. The Labute approximate surface area is 124 Å². The Kier molecular flexibility index (Phi) is 4.84. The highest BCUT2D eigenvalue weighted by Gasteiger charge is 2.09. The van der Waals surface area contributed by atoms with Crippen molar-refractivity contribution in [3.8, 4) is 0 Å². The van der Waals surface area contributed by atoms with Gasteiger partial charge in [0.2, 0.25) is 5.91 Å². The van der Waals surface area contributed by atoms with Crippen LogP contribution < -0.4 is 10.6 Å². The summed E-state index contributed by atoms with van der Waals surface area (Å²) in [5.41, 5.74) is 0.513. The first-order chi connectivity index (χ1) is 9.66. The predicted molar refractivity (Wildman–Crippen MR) is 79.3 cm³/mol. The Bertz CT molecular complexity index is 617. The molecule has 0 spiro atoms. The summed E-state index contributed by atoms with van der Waals surface area (Å²) in [6.07, 6.45) is 1.57. The van der Waals surface area contributed by atoms with E-state index in [1.54, 1.807) is 42.6 Å². The van der Waals surface area contributed by atoms with E-state index in [0.29, 0.717) is 15.9 Å². The van der Waals surface area contributed by atoms with Gasteiger partial charge in [-0.1, -0.05) is 18.2 Å². The highest BCUT2D eigenvalue weighted by atomic mass is 79.9. The third kappa shape index (κ3) is 3.89. The van der Waals surface area contributed by atoms with Crippen LogP contribution in [0.15, 0.2) is 53.1 Å². The van der Waals surface area contributed by atoms with E-state index < -0.39 is 0 Å². The van der Waals surface area contributed by atoms with E-state index >= 15 is 0 Å². The van der Waals surface area contributed by atoms with Crippen molar-refractivity contribution >= 4 is 33.6 Å². The average Bonchev–Trinajstić information content (AvgIpc) is 2.48. The summed E-state index contributed by atoms with van der Waals surface area (Å²) in [6, 6.07) is 12.2. The molecule has 0 aliphatic carbocycles. The fourth-order valence-corrected chi connectivity index (χ4v) is 1.86. The van der Waals surface area contributed by atoms with Gasteiger partial charge in [-0.05, 0) is 40.2 Å². The lowest BCUT2D eigenvalue weighted by atomic mass is 10.2. The number of carbonyl (C=O) groups is 2. The summed E-state index contributed by atoms with van der Waals surface area (Å²) >= 11 is 3.28. The lowest BCUT2D eigenvalue weighted by Crippen LogP contribution is -2.33. The van der Waals surface area contributed by atoms with Gasteiger partial charge in [-0.25, -0.2) is 4.98 Å². The summed E-state index contributed by atoms with van der Waals surface area (Å²) in [5, 5.41) is 5.15. The fourth-order valence-electron chi connectivity index (χ4n) is 1.51. The highest BCUT2D eigenvalue weighted by Crippen LogP contribution is 2.17. The first kappa shape index (κ1) is 14.2. The van der Waals surface area contributed by atoms with Crippen molar-refractivity contribution < 1.29 is 9.59 Å². The van der Waals surface area contributed by atoms with Gasteiger partial charge in [-0.15, -0.1) is 0 Å². The highest BCUT2D eigenvalue weighted by molar-refractivity contribution is 9.10. The van der Waals surface area contributed by atoms with Crippen LogP contribution in [-0.2, 0) is 4.79 Å². The van der Waals surface area contributed by atoms with Crippen molar-refractivity contribution in [3.05, 3.63) is 58.7 Å². The first-order valence-corrected chi connectivity index (χ1v) is 6.70. The molecular formula is C14H12BrN3O2.